The van der Waals surface area contributed by atoms with Crippen LogP contribution in [0.3, 0.4) is 0 Å². The summed E-state index contributed by atoms with van der Waals surface area (Å²) in [5.41, 5.74) is 0.862. The fraction of sp³-hybridized carbons (Fsp3) is 0.429. The number of nitrogens with one attached hydrogen (secondary N) is 1. The summed E-state index contributed by atoms with van der Waals surface area (Å²) < 4.78 is 5.45. The van der Waals surface area contributed by atoms with Crippen LogP contribution < -0.4 is 5.32 Å². The molecular formula is C14H18BrNO3. The number of hydrogen-bond acceptors (Lipinski definition) is 3. The lowest BCUT2D eigenvalue weighted by Gasteiger charge is -2.17. The molecule has 4 nitrogen and oxygen atoms in total. The lowest BCUT2D eigenvalue weighted by atomic mass is 9.95. The fourth-order valence-corrected chi connectivity index (χ4v) is 1.98. The summed E-state index contributed by atoms with van der Waals surface area (Å²) in [5.74, 6) is -0.434. The molecule has 0 saturated heterocycles. The average Bonchev–Trinajstić information content (AvgIpc) is 2.33. The Morgan fingerprint density at radius 3 is 2.42 bits per heavy atom. The molecule has 0 saturated carbocycles. The molecule has 0 aromatic heterocycles. The molecule has 0 spiro atoms. The van der Waals surface area contributed by atoms with E-state index >= 15 is 0 Å². The zero-order chi connectivity index (χ0) is 14.6. The van der Waals surface area contributed by atoms with Gasteiger partial charge in [-0.15, -0.1) is 0 Å². The number of hydrogen-bond donors (Lipinski definition) is 1. The van der Waals surface area contributed by atoms with Gasteiger partial charge >= 0.3 is 5.97 Å². The van der Waals surface area contributed by atoms with Gasteiger partial charge in [0, 0.05) is 16.4 Å². The third-order valence-corrected chi connectivity index (χ3v) is 2.97. The van der Waals surface area contributed by atoms with Gasteiger partial charge in [-0.05, 0) is 23.8 Å². The van der Waals surface area contributed by atoms with Gasteiger partial charge in [-0.2, -0.15) is 0 Å². The summed E-state index contributed by atoms with van der Waals surface area (Å²) in [6, 6.07) is 5.25. The van der Waals surface area contributed by atoms with Crippen molar-refractivity contribution in [2.45, 2.75) is 27.3 Å². The van der Waals surface area contributed by atoms with Crippen LogP contribution in [0.5, 0.6) is 0 Å². The molecule has 0 heterocycles. The topological polar surface area (TPSA) is 55.4 Å². The molecule has 1 amide bonds. The van der Waals surface area contributed by atoms with Crippen LogP contribution in [0, 0.1) is 5.41 Å². The van der Waals surface area contributed by atoms with Crippen molar-refractivity contribution in [3.63, 3.8) is 0 Å². The zero-order valence-electron chi connectivity index (χ0n) is 11.5. The molecule has 0 bridgehead atoms. The molecule has 1 aromatic rings. The Bertz CT molecular complexity index is 492. The van der Waals surface area contributed by atoms with Crippen molar-refractivity contribution in [2.24, 2.45) is 5.41 Å². The Morgan fingerprint density at radius 2 is 1.89 bits per heavy atom. The van der Waals surface area contributed by atoms with Gasteiger partial charge in [0.25, 0.3) is 0 Å². The largest absolute Gasteiger partial charge is 0.465 e. The van der Waals surface area contributed by atoms with Crippen LogP contribution in [0.15, 0.2) is 22.7 Å². The summed E-state index contributed by atoms with van der Waals surface area (Å²) in [6.07, 6.45) is 0. The number of halogens is 1. The second-order valence-electron chi connectivity index (χ2n) is 5.27. The monoisotopic (exact) mass is 327 g/mol. The second kappa shape index (κ2) is 6.19. The van der Waals surface area contributed by atoms with Crippen LogP contribution in [-0.2, 0) is 16.1 Å². The second-order valence-corrected chi connectivity index (χ2v) is 6.19. The number of esters is 1. The van der Waals surface area contributed by atoms with E-state index in [-0.39, 0.29) is 5.91 Å². The van der Waals surface area contributed by atoms with E-state index < -0.39 is 11.4 Å². The molecule has 0 atom stereocenters. The maximum absolute atomic E-state index is 11.8. The minimum absolute atomic E-state index is 0.0351. The lowest BCUT2D eigenvalue weighted by molar-refractivity contribution is -0.128. The van der Waals surface area contributed by atoms with Gasteiger partial charge in [0.15, 0.2) is 0 Å². The molecule has 0 aliphatic rings. The molecule has 5 heteroatoms. The van der Waals surface area contributed by atoms with Crippen molar-refractivity contribution in [3.05, 3.63) is 33.8 Å². The molecule has 1 N–H and O–H groups in total. The first kappa shape index (κ1) is 15.7. The molecule has 1 rings (SSSR count). The van der Waals surface area contributed by atoms with Crippen molar-refractivity contribution in [2.75, 3.05) is 7.11 Å². The predicted octanol–water partition coefficient (Wildman–Crippen LogP) is 2.90. The predicted molar refractivity (Wildman–Crippen MR) is 76.8 cm³/mol. The first-order valence-electron chi connectivity index (χ1n) is 5.90. The van der Waals surface area contributed by atoms with Crippen LogP contribution in [-0.4, -0.2) is 19.0 Å². The maximum atomic E-state index is 11.8. The van der Waals surface area contributed by atoms with E-state index in [1.165, 1.54) is 7.11 Å². The Balaban J connectivity index is 2.82. The van der Waals surface area contributed by atoms with Gasteiger partial charge in [-0.3, -0.25) is 4.79 Å². The van der Waals surface area contributed by atoms with E-state index in [2.05, 4.69) is 26.0 Å². The van der Waals surface area contributed by atoms with E-state index in [1.807, 2.05) is 26.8 Å². The molecule has 1 aromatic carbocycles. The van der Waals surface area contributed by atoms with Gasteiger partial charge in [0.2, 0.25) is 5.91 Å². The molecule has 104 valence electrons. The third kappa shape index (κ3) is 4.67. The number of methoxy groups -OCH3 is 1. The first-order chi connectivity index (χ1) is 8.74. The first-order valence-corrected chi connectivity index (χ1v) is 6.69. The maximum Gasteiger partial charge on any atom is 0.337 e. The fourth-order valence-electron chi connectivity index (χ4n) is 1.44. The summed E-state index contributed by atoms with van der Waals surface area (Å²) in [5, 5.41) is 2.84. The number of benzene rings is 1. The van der Waals surface area contributed by atoms with E-state index in [0.717, 1.165) is 10.0 Å². The van der Waals surface area contributed by atoms with Crippen LogP contribution in [0.1, 0.15) is 36.7 Å². The highest BCUT2D eigenvalue weighted by Gasteiger charge is 2.20. The average molecular weight is 328 g/mol. The molecule has 0 aliphatic heterocycles. The zero-order valence-corrected chi connectivity index (χ0v) is 13.1. The summed E-state index contributed by atoms with van der Waals surface area (Å²) in [7, 11) is 1.34. The summed E-state index contributed by atoms with van der Waals surface area (Å²) >= 11 is 3.34. The number of carbonyl (C=O) groups is 2. The molecule has 0 radical (unpaired) electrons. The molecule has 19 heavy (non-hydrogen) atoms. The van der Waals surface area contributed by atoms with E-state index in [1.54, 1.807) is 12.1 Å². The molecular weight excluding hydrogens is 310 g/mol. The molecule has 0 unspecified atom stereocenters. The number of ether oxygens (including phenoxy) is 1. The van der Waals surface area contributed by atoms with Crippen molar-refractivity contribution >= 4 is 27.8 Å². The summed E-state index contributed by atoms with van der Waals surface area (Å²) in [6.45, 7) is 5.93. The van der Waals surface area contributed by atoms with Crippen LogP contribution in [0.4, 0.5) is 0 Å². The van der Waals surface area contributed by atoms with Crippen molar-refractivity contribution in [1.82, 2.24) is 5.32 Å². The van der Waals surface area contributed by atoms with Gasteiger partial charge in [-0.25, -0.2) is 4.79 Å². The minimum Gasteiger partial charge on any atom is -0.465 e. The highest BCUT2D eigenvalue weighted by Crippen LogP contribution is 2.18. The normalized spacial score (nSPS) is 11.0. The standard InChI is InChI=1S/C14H18BrNO3/c1-14(2,3)13(18)16-8-9-5-10(12(17)19-4)7-11(15)6-9/h5-7H,8H2,1-4H3,(H,16,18). The Labute approximate surface area is 121 Å². The Kier molecular flexibility index (Phi) is 5.11. The van der Waals surface area contributed by atoms with Crippen LogP contribution >= 0.6 is 15.9 Å². The quantitative estimate of drug-likeness (QED) is 0.868. The highest BCUT2D eigenvalue weighted by atomic mass is 79.9. The number of rotatable bonds is 3. The van der Waals surface area contributed by atoms with Crippen LogP contribution in [0.25, 0.3) is 0 Å². The van der Waals surface area contributed by atoms with Crippen molar-refractivity contribution in [3.8, 4) is 0 Å². The highest BCUT2D eigenvalue weighted by molar-refractivity contribution is 9.10. The summed E-state index contributed by atoms with van der Waals surface area (Å²) in [4.78, 5) is 23.3. The van der Waals surface area contributed by atoms with E-state index in [4.69, 9.17) is 0 Å². The van der Waals surface area contributed by atoms with Crippen LogP contribution in [0.2, 0.25) is 0 Å². The van der Waals surface area contributed by atoms with E-state index in [0.29, 0.717) is 12.1 Å². The Morgan fingerprint density at radius 1 is 1.26 bits per heavy atom. The lowest BCUT2D eigenvalue weighted by Crippen LogP contribution is -2.34. The SMILES string of the molecule is COC(=O)c1cc(Br)cc(CNC(=O)C(C)(C)C)c1. The van der Waals surface area contributed by atoms with Gasteiger partial charge in [-0.1, -0.05) is 36.7 Å². The number of amides is 1. The Hall–Kier alpha value is -1.36. The van der Waals surface area contributed by atoms with E-state index in [9.17, 15) is 9.59 Å². The molecule has 0 aliphatic carbocycles. The smallest absolute Gasteiger partial charge is 0.337 e. The van der Waals surface area contributed by atoms with Gasteiger partial charge in [0.05, 0.1) is 12.7 Å². The minimum atomic E-state index is -0.433. The number of carbonyl (C=O) groups excluding carboxylic acids is 2. The van der Waals surface area contributed by atoms with Crippen molar-refractivity contribution in [1.29, 1.82) is 0 Å². The van der Waals surface area contributed by atoms with Gasteiger partial charge in [0.1, 0.15) is 0 Å². The third-order valence-electron chi connectivity index (χ3n) is 2.51. The molecule has 0 fully saturated rings. The van der Waals surface area contributed by atoms with Gasteiger partial charge < -0.3 is 10.1 Å². The van der Waals surface area contributed by atoms with Crippen molar-refractivity contribution < 1.29 is 14.3 Å².